The summed E-state index contributed by atoms with van der Waals surface area (Å²) in [5.41, 5.74) is 5.61. The van der Waals surface area contributed by atoms with Crippen molar-refractivity contribution < 1.29 is 4.79 Å². The minimum absolute atomic E-state index is 0.240. The van der Waals surface area contributed by atoms with Crippen LogP contribution < -0.4 is 5.73 Å². The molecule has 1 aromatic heterocycles. The molecule has 0 radical (unpaired) electrons. The van der Waals surface area contributed by atoms with Crippen LogP contribution in [0.3, 0.4) is 0 Å². The quantitative estimate of drug-likeness (QED) is 0.847. The molecular weight excluding hydrogens is 290 g/mol. The lowest BCUT2D eigenvalue weighted by Gasteiger charge is -2.37. The van der Waals surface area contributed by atoms with Crippen LogP contribution in [0.5, 0.6) is 0 Å². The molecule has 1 aliphatic carbocycles. The Balaban J connectivity index is 1.92. The first-order valence-electron chi connectivity index (χ1n) is 7.23. The second kappa shape index (κ2) is 7.31. The van der Waals surface area contributed by atoms with Crippen molar-refractivity contribution in [2.24, 2.45) is 0 Å². The first kappa shape index (κ1) is 15.6. The molecule has 0 unspecified atom stereocenters. The van der Waals surface area contributed by atoms with Crippen molar-refractivity contribution in [2.75, 3.05) is 11.5 Å². The number of nitrogens with zero attached hydrogens (tertiary/aromatic N) is 2. The molecule has 20 heavy (non-hydrogen) atoms. The van der Waals surface area contributed by atoms with Gasteiger partial charge in [-0.05, 0) is 26.7 Å². The molecule has 2 N–H and O–H groups in total. The molecular formula is C14H23N3OS2. The van der Waals surface area contributed by atoms with Gasteiger partial charge in [-0.1, -0.05) is 30.6 Å². The molecule has 0 aromatic carbocycles. The molecule has 1 aliphatic rings. The van der Waals surface area contributed by atoms with Crippen molar-refractivity contribution in [3.8, 4) is 0 Å². The number of rotatable bonds is 5. The topological polar surface area (TPSA) is 59.2 Å². The van der Waals surface area contributed by atoms with Crippen molar-refractivity contribution in [1.29, 1.82) is 0 Å². The molecule has 4 nitrogen and oxygen atoms in total. The summed E-state index contributed by atoms with van der Waals surface area (Å²) in [7, 11) is 0. The number of hydrogen-bond donors (Lipinski definition) is 1. The van der Waals surface area contributed by atoms with E-state index in [4.69, 9.17) is 5.73 Å². The van der Waals surface area contributed by atoms with Gasteiger partial charge in [-0.3, -0.25) is 4.79 Å². The van der Waals surface area contributed by atoms with Crippen LogP contribution in [0.15, 0.2) is 10.4 Å². The molecule has 1 heterocycles. The predicted octanol–water partition coefficient (Wildman–Crippen LogP) is 3.39. The summed E-state index contributed by atoms with van der Waals surface area (Å²) in [5, 5.41) is 0.563. The number of nitrogens with two attached hydrogens (primary N) is 1. The lowest BCUT2D eigenvalue weighted by Crippen LogP contribution is -2.46. The molecule has 0 bridgehead atoms. The molecule has 1 aromatic rings. The molecule has 1 fully saturated rings. The highest BCUT2D eigenvalue weighted by atomic mass is 32.2. The highest BCUT2D eigenvalue weighted by Gasteiger charge is 2.27. The van der Waals surface area contributed by atoms with E-state index in [9.17, 15) is 4.79 Å². The van der Waals surface area contributed by atoms with Gasteiger partial charge in [-0.15, -0.1) is 11.8 Å². The van der Waals surface area contributed by atoms with Crippen LogP contribution in [-0.2, 0) is 4.79 Å². The molecule has 2 rings (SSSR count). The van der Waals surface area contributed by atoms with E-state index in [0.717, 1.165) is 17.1 Å². The van der Waals surface area contributed by atoms with E-state index in [1.54, 1.807) is 18.0 Å². The first-order valence-corrected chi connectivity index (χ1v) is 9.03. The van der Waals surface area contributed by atoms with Gasteiger partial charge >= 0.3 is 0 Å². The van der Waals surface area contributed by atoms with Gasteiger partial charge in [0.25, 0.3) is 0 Å². The molecule has 1 saturated carbocycles. The van der Waals surface area contributed by atoms with Crippen molar-refractivity contribution in [1.82, 2.24) is 9.88 Å². The number of thiazole rings is 1. The van der Waals surface area contributed by atoms with E-state index in [2.05, 4.69) is 23.7 Å². The van der Waals surface area contributed by atoms with Crippen LogP contribution in [0.2, 0.25) is 0 Å². The van der Waals surface area contributed by atoms with E-state index in [-0.39, 0.29) is 11.9 Å². The number of anilines is 1. The summed E-state index contributed by atoms with van der Waals surface area (Å²) < 4.78 is 1.02. The number of carbonyl (C=O) groups is 1. The summed E-state index contributed by atoms with van der Waals surface area (Å²) in [6.45, 7) is 4.23. The summed E-state index contributed by atoms with van der Waals surface area (Å²) in [4.78, 5) is 18.6. The third-order valence-corrected chi connectivity index (χ3v) is 5.66. The van der Waals surface area contributed by atoms with Crippen LogP contribution in [0.25, 0.3) is 0 Å². The Kier molecular flexibility index (Phi) is 5.72. The summed E-state index contributed by atoms with van der Waals surface area (Å²) in [5.74, 6) is 0.722. The maximum absolute atomic E-state index is 12.5. The highest BCUT2D eigenvalue weighted by Crippen LogP contribution is 2.29. The normalized spacial score (nSPS) is 16.6. The number of aromatic nitrogens is 1. The fraction of sp³-hybridized carbons (Fsp3) is 0.714. The fourth-order valence-corrected chi connectivity index (χ4v) is 4.45. The Morgan fingerprint density at radius 2 is 2.20 bits per heavy atom. The number of thioether (sulfide) groups is 1. The van der Waals surface area contributed by atoms with Gasteiger partial charge in [0.2, 0.25) is 5.91 Å². The molecule has 0 spiro atoms. The minimum Gasteiger partial charge on any atom is -0.375 e. The van der Waals surface area contributed by atoms with E-state index >= 15 is 0 Å². The van der Waals surface area contributed by atoms with Crippen LogP contribution >= 0.6 is 23.1 Å². The second-order valence-corrected chi connectivity index (χ2v) is 7.83. The lowest BCUT2D eigenvalue weighted by molar-refractivity contribution is -0.133. The molecule has 0 saturated heterocycles. The third kappa shape index (κ3) is 4.12. The van der Waals surface area contributed by atoms with Crippen molar-refractivity contribution in [2.45, 2.75) is 62.2 Å². The van der Waals surface area contributed by atoms with Gasteiger partial charge in [0.05, 0.1) is 16.2 Å². The van der Waals surface area contributed by atoms with E-state index < -0.39 is 0 Å². The largest absolute Gasteiger partial charge is 0.375 e. The summed E-state index contributed by atoms with van der Waals surface area (Å²) in [6.07, 6.45) is 7.87. The van der Waals surface area contributed by atoms with Gasteiger partial charge in [0.15, 0.2) is 5.13 Å². The Labute approximate surface area is 129 Å². The van der Waals surface area contributed by atoms with Gasteiger partial charge in [0.1, 0.15) is 0 Å². The molecule has 6 heteroatoms. The van der Waals surface area contributed by atoms with Crippen molar-refractivity contribution in [3.63, 3.8) is 0 Å². The smallest absolute Gasteiger partial charge is 0.233 e. The zero-order chi connectivity index (χ0) is 14.5. The van der Waals surface area contributed by atoms with Gasteiger partial charge in [-0.2, -0.15) is 0 Å². The molecule has 0 aliphatic heterocycles. The summed E-state index contributed by atoms with van der Waals surface area (Å²) >= 11 is 2.99. The monoisotopic (exact) mass is 313 g/mol. The second-order valence-electron chi connectivity index (χ2n) is 5.49. The predicted molar refractivity (Wildman–Crippen MR) is 86.1 cm³/mol. The number of nitrogen functional groups attached to an aromatic ring is 1. The third-order valence-electron chi connectivity index (χ3n) is 3.65. The average molecular weight is 313 g/mol. The average Bonchev–Trinajstić information content (AvgIpc) is 2.83. The van der Waals surface area contributed by atoms with Gasteiger partial charge in [0, 0.05) is 12.1 Å². The summed E-state index contributed by atoms with van der Waals surface area (Å²) in [6, 6.07) is 0.709. The van der Waals surface area contributed by atoms with E-state index in [1.807, 2.05) is 0 Å². The Bertz CT molecular complexity index is 441. The zero-order valence-corrected chi connectivity index (χ0v) is 13.8. The SMILES string of the molecule is CC(C)N(C(=O)CSc1cnc(N)s1)C1CCCCC1. The molecule has 1 amide bonds. The number of hydrogen-bond acceptors (Lipinski definition) is 5. The Morgan fingerprint density at radius 1 is 1.50 bits per heavy atom. The van der Waals surface area contributed by atoms with Crippen molar-refractivity contribution in [3.05, 3.63) is 6.20 Å². The Hall–Kier alpha value is -0.750. The van der Waals surface area contributed by atoms with Crippen LogP contribution in [0.4, 0.5) is 5.13 Å². The van der Waals surface area contributed by atoms with Gasteiger partial charge in [-0.25, -0.2) is 4.98 Å². The number of amides is 1. The molecule has 0 atom stereocenters. The standard InChI is InChI=1S/C14H23N3OS2/c1-10(2)17(11-6-4-3-5-7-11)12(18)9-19-13-8-16-14(15)20-13/h8,10-11H,3-7,9H2,1-2H3,(H2,15,16). The van der Waals surface area contributed by atoms with Crippen LogP contribution in [-0.4, -0.2) is 33.6 Å². The maximum atomic E-state index is 12.5. The fourth-order valence-electron chi connectivity index (χ4n) is 2.82. The zero-order valence-electron chi connectivity index (χ0n) is 12.2. The van der Waals surface area contributed by atoms with Crippen LogP contribution in [0, 0.1) is 0 Å². The van der Waals surface area contributed by atoms with Crippen molar-refractivity contribution >= 4 is 34.1 Å². The maximum Gasteiger partial charge on any atom is 0.233 e. The lowest BCUT2D eigenvalue weighted by atomic mass is 9.93. The van der Waals surface area contributed by atoms with E-state index in [1.165, 1.54) is 30.6 Å². The van der Waals surface area contributed by atoms with Gasteiger partial charge < -0.3 is 10.6 Å². The van der Waals surface area contributed by atoms with E-state index in [0.29, 0.717) is 16.9 Å². The first-order chi connectivity index (χ1) is 9.58. The number of carbonyl (C=O) groups excluding carboxylic acids is 1. The molecule has 112 valence electrons. The minimum atomic E-state index is 0.240. The van der Waals surface area contributed by atoms with Crippen LogP contribution in [0.1, 0.15) is 46.0 Å². The Morgan fingerprint density at radius 3 is 2.75 bits per heavy atom. The highest BCUT2D eigenvalue weighted by molar-refractivity contribution is 8.01.